The van der Waals surface area contributed by atoms with Crippen LogP contribution in [0.3, 0.4) is 0 Å². The Labute approximate surface area is 109 Å². The molecule has 0 fully saturated rings. The highest BCUT2D eigenvalue weighted by atomic mass is 16.2. The molecular weight excluding hydrogens is 224 g/mol. The third-order valence-electron chi connectivity index (χ3n) is 2.97. The molecular formula is C16H22O2. The Hall–Kier alpha value is -1.41. The molecule has 1 aliphatic rings. The number of hydrogen-bond acceptors (Lipinski definition) is 2. The van der Waals surface area contributed by atoms with Crippen LogP contribution in [0.2, 0.25) is 0 Å². The summed E-state index contributed by atoms with van der Waals surface area (Å²) < 4.78 is 0. The van der Waals surface area contributed by atoms with Gasteiger partial charge >= 0.3 is 0 Å². The molecule has 2 heteroatoms. The summed E-state index contributed by atoms with van der Waals surface area (Å²) in [5, 5.41) is 8.66. The van der Waals surface area contributed by atoms with Gasteiger partial charge in [0.25, 0.3) is 0 Å². The summed E-state index contributed by atoms with van der Waals surface area (Å²) in [6.07, 6.45) is 17.4. The van der Waals surface area contributed by atoms with Crippen LogP contribution in [-0.2, 0) is 4.79 Å². The second-order valence-electron chi connectivity index (χ2n) is 4.40. The van der Waals surface area contributed by atoms with E-state index in [1.807, 2.05) is 31.2 Å². The number of rotatable bonds is 7. The van der Waals surface area contributed by atoms with Gasteiger partial charge in [0.15, 0.2) is 5.78 Å². The standard InChI is InChI=1S/C16H22O2/c1-2-3-10-15-14(11-12-16(15)18)9-7-5-4-6-8-13-17/h2-3,5,7,10-12,14,17H,4,6,8-9,13H2,1H3/b3-2+,7-5-,15-10+/t14-/m0/s1. The smallest absolute Gasteiger partial charge is 0.182 e. The van der Waals surface area contributed by atoms with Crippen molar-refractivity contribution in [1.82, 2.24) is 0 Å². The number of ketones is 1. The molecule has 1 aliphatic carbocycles. The van der Waals surface area contributed by atoms with Crippen molar-refractivity contribution < 1.29 is 9.90 Å². The van der Waals surface area contributed by atoms with Crippen LogP contribution in [0.1, 0.15) is 32.6 Å². The Morgan fingerprint density at radius 1 is 1.33 bits per heavy atom. The van der Waals surface area contributed by atoms with Gasteiger partial charge in [-0.05, 0) is 38.7 Å². The third kappa shape index (κ3) is 4.84. The largest absolute Gasteiger partial charge is 0.396 e. The minimum Gasteiger partial charge on any atom is -0.396 e. The van der Waals surface area contributed by atoms with Crippen molar-refractivity contribution in [3.63, 3.8) is 0 Å². The highest BCUT2D eigenvalue weighted by Gasteiger charge is 2.20. The Morgan fingerprint density at radius 2 is 2.17 bits per heavy atom. The van der Waals surface area contributed by atoms with E-state index in [4.69, 9.17) is 5.11 Å². The van der Waals surface area contributed by atoms with E-state index < -0.39 is 0 Å². The van der Waals surface area contributed by atoms with Crippen molar-refractivity contribution in [1.29, 1.82) is 0 Å². The number of carbonyl (C=O) groups excluding carboxylic acids is 1. The predicted molar refractivity (Wildman–Crippen MR) is 75.2 cm³/mol. The van der Waals surface area contributed by atoms with Crippen LogP contribution in [0.15, 0.2) is 48.1 Å². The molecule has 0 aromatic heterocycles. The maximum Gasteiger partial charge on any atom is 0.182 e. The van der Waals surface area contributed by atoms with E-state index in [1.165, 1.54) is 0 Å². The zero-order valence-electron chi connectivity index (χ0n) is 11.0. The van der Waals surface area contributed by atoms with E-state index in [9.17, 15) is 4.79 Å². The van der Waals surface area contributed by atoms with Crippen LogP contribution in [0, 0.1) is 5.92 Å². The van der Waals surface area contributed by atoms with Gasteiger partial charge in [-0.25, -0.2) is 0 Å². The molecule has 0 radical (unpaired) electrons. The molecule has 0 aliphatic heterocycles. The molecule has 0 spiro atoms. The van der Waals surface area contributed by atoms with E-state index in [1.54, 1.807) is 6.08 Å². The van der Waals surface area contributed by atoms with Gasteiger partial charge in [0.2, 0.25) is 0 Å². The first-order valence-corrected chi connectivity index (χ1v) is 6.61. The lowest BCUT2D eigenvalue weighted by Crippen LogP contribution is -2.01. The SMILES string of the molecule is C/C=C/C=C1/C(=O)C=C[C@@H]1C/C=C\CCCCO. The fourth-order valence-corrected chi connectivity index (χ4v) is 1.93. The zero-order chi connectivity index (χ0) is 13.2. The Morgan fingerprint density at radius 3 is 2.89 bits per heavy atom. The van der Waals surface area contributed by atoms with Gasteiger partial charge in [-0.1, -0.05) is 36.5 Å². The molecule has 0 heterocycles. The van der Waals surface area contributed by atoms with Crippen molar-refractivity contribution >= 4 is 5.78 Å². The van der Waals surface area contributed by atoms with Crippen LogP contribution in [0.5, 0.6) is 0 Å². The van der Waals surface area contributed by atoms with Gasteiger partial charge in [-0.2, -0.15) is 0 Å². The minimum atomic E-state index is 0.131. The van der Waals surface area contributed by atoms with Crippen molar-refractivity contribution in [2.75, 3.05) is 6.61 Å². The van der Waals surface area contributed by atoms with Gasteiger partial charge in [-0.15, -0.1) is 0 Å². The summed E-state index contributed by atoms with van der Waals surface area (Å²) in [5.74, 6) is 0.356. The highest BCUT2D eigenvalue weighted by Crippen LogP contribution is 2.25. The number of aliphatic hydroxyl groups excluding tert-OH is 1. The first-order valence-electron chi connectivity index (χ1n) is 6.61. The summed E-state index contributed by atoms with van der Waals surface area (Å²) in [4.78, 5) is 11.6. The fraction of sp³-hybridized carbons (Fsp3) is 0.438. The zero-order valence-corrected chi connectivity index (χ0v) is 11.0. The maximum atomic E-state index is 11.6. The molecule has 1 N–H and O–H groups in total. The van der Waals surface area contributed by atoms with Crippen LogP contribution >= 0.6 is 0 Å². The first-order chi connectivity index (χ1) is 8.79. The van der Waals surface area contributed by atoms with E-state index >= 15 is 0 Å². The first kappa shape index (κ1) is 14.7. The maximum absolute atomic E-state index is 11.6. The molecule has 98 valence electrons. The second-order valence-corrected chi connectivity index (χ2v) is 4.40. The summed E-state index contributed by atoms with van der Waals surface area (Å²) >= 11 is 0. The minimum absolute atomic E-state index is 0.131. The molecule has 18 heavy (non-hydrogen) atoms. The normalized spacial score (nSPS) is 22.0. The molecule has 0 aromatic carbocycles. The van der Waals surface area contributed by atoms with E-state index in [2.05, 4.69) is 12.2 Å². The number of allylic oxidation sites excluding steroid dienone is 8. The van der Waals surface area contributed by atoms with Gasteiger partial charge in [0, 0.05) is 18.1 Å². The molecule has 2 nitrogen and oxygen atoms in total. The molecule has 1 rings (SSSR count). The summed E-state index contributed by atoms with van der Waals surface area (Å²) in [6, 6.07) is 0. The predicted octanol–water partition coefficient (Wildman–Crippen LogP) is 3.35. The number of hydrogen-bond donors (Lipinski definition) is 1. The van der Waals surface area contributed by atoms with Crippen LogP contribution in [-0.4, -0.2) is 17.5 Å². The number of aliphatic hydroxyl groups is 1. The van der Waals surface area contributed by atoms with E-state index in [-0.39, 0.29) is 18.3 Å². The van der Waals surface area contributed by atoms with Crippen LogP contribution in [0.25, 0.3) is 0 Å². The van der Waals surface area contributed by atoms with E-state index in [0.717, 1.165) is 31.3 Å². The second kappa shape index (κ2) is 8.65. The molecule has 0 aromatic rings. The average Bonchev–Trinajstić information content (AvgIpc) is 2.72. The molecule has 1 atom stereocenters. The Kier molecular flexibility index (Phi) is 7.04. The van der Waals surface area contributed by atoms with Crippen LogP contribution in [0.4, 0.5) is 0 Å². The van der Waals surface area contributed by atoms with Gasteiger partial charge < -0.3 is 5.11 Å². The fourth-order valence-electron chi connectivity index (χ4n) is 1.93. The van der Waals surface area contributed by atoms with Gasteiger partial charge in [0.05, 0.1) is 0 Å². The summed E-state index contributed by atoms with van der Waals surface area (Å²) in [7, 11) is 0. The molecule has 0 bridgehead atoms. The van der Waals surface area contributed by atoms with Gasteiger partial charge in [-0.3, -0.25) is 4.79 Å². The summed E-state index contributed by atoms with van der Waals surface area (Å²) in [5.41, 5.74) is 0.883. The quantitative estimate of drug-likeness (QED) is 0.425. The lowest BCUT2D eigenvalue weighted by molar-refractivity contribution is -0.111. The monoisotopic (exact) mass is 246 g/mol. The Bertz CT molecular complexity index is 373. The number of carbonyl (C=O) groups is 1. The molecule has 0 saturated carbocycles. The molecule has 0 saturated heterocycles. The molecule has 0 unspecified atom stereocenters. The average molecular weight is 246 g/mol. The summed E-state index contributed by atoms with van der Waals surface area (Å²) in [6.45, 7) is 2.21. The van der Waals surface area contributed by atoms with Crippen molar-refractivity contribution in [2.45, 2.75) is 32.6 Å². The van der Waals surface area contributed by atoms with Crippen molar-refractivity contribution in [2.24, 2.45) is 5.92 Å². The van der Waals surface area contributed by atoms with E-state index in [0.29, 0.717) is 0 Å². The van der Waals surface area contributed by atoms with Gasteiger partial charge in [0.1, 0.15) is 0 Å². The Balaban J connectivity index is 2.41. The highest BCUT2D eigenvalue weighted by molar-refractivity contribution is 6.07. The third-order valence-corrected chi connectivity index (χ3v) is 2.97. The number of unbranched alkanes of at least 4 members (excludes halogenated alkanes) is 2. The van der Waals surface area contributed by atoms with Crippen molar-refractivity contribution in [3.05, 3.63) is 48.1 Å². The van der Waals surface area contributed by atoms with Crippen molar-refractivity contribution in [3.8, 4) is 0 Å². The van der Waals surface area contributed by atoms with Crippen LogP contribution < -0.4 is 0 Å². The lowest BCUT2D eigenvalue weighted by Gasteiger charge is -2.06. The lowest BCUT2D eigenvalue weighted by atomic mass is 9.97. The topological polar surface area (TPSA) is 37.3 Å². The molecule has 0 amide bonds.